The van der Waals surface area contributed by atoms with Gasteiger partial charge in [-0.3, -0.25) is 9.48 Å². The summed E-state index contributed by atoms with van der Waals surface area (Å²) in [4.78, 5) is 14.7. The lowest BCUT2D eigenvalue weighted by atomic mass is 9.99. The molecular formula is C19H26N4O. The first kappa shape index (κ1) is 16.7. The fraction of sp³-hybridized carbons (Fsp3) is 0.474. The second kappa shape index (κ2) is 7.62. The van der Waals surface area contributed by atoms with E-state index >= 15 is 0 Å². The second-order valence-electron chi connectivity index (χ2n) is 6.41. The van der Waals surface area contributed by atoms with Gasteiger partial charge in [-0.1, -0.05) is 30.3 Å². The Morgan fingerprint density at radius 1 is 1.33 bits per heavy atom. The van der Waals surface area contributed by atoms with Crippen LogP contribution in [0, 0.1) is 6.92 Å². The van der Waals surface area contributed by atoms with E-state index in [-0.39, 0.29) is 5.91 Å². The smallest absolute Gasteiger partial charge is 0.254 e. The molecule has 1 aliphatic heterocycles. The number of hydrogen-bond donors (Lipinski definition) is 1. The van der Waals surface area contributed by atoms with E-state index < -0.39 is 0 Å². The molecule has 1 aliphatic rings. The molecule has 0 bridgehead atoms. The van der Waals surface area contributed by atoms with Gasteiger partial charge in [0.1, 0.15) is 0 Å². The number of amides is 1. The molecule has 0 saturated carbocycles. The highest BCUT2D eigenvalue weighted by atomic mass is 16.1. The monoisotopic (exact) mass is 326 g/mol. The van der Waals surface area contributed by atoms with Gasteiger partial charge in [-0.05, 0) is 38.3 Å². The molecule has 0 unspecified atom stereocenters. The van der Waals surface area contributed by atoms with Crippen LogP contribution in [0.1, 0.15) is 40.9 Å². The van der Waals surface area contributed by atoms with Crippen molar-refractivity contribution in [3.63, 3.8) is 0 Å². The molecule has 1 fully saturated rings. The van der Waals surface area contributed by atoms with Gasteiger partial charge in [0.25, 0.3) is 5.91 Å². The summed E-state index contributed by atoms with van der Waals surface area (Å²) in [5.41, 5.74) is 3.03. The first-order valence-corrected chi connectivity index (χ1v) is 8.77. The summed E-state index contributed by atoms with van der Waals surface area (Å²) in [7, 11) is 0. The number of hydrogen-bond acceptors (Lipinski definition) is 3. The number of rotatable bonds is 6. The Morgan fingerprint density at radius 2 is 2.12 bits per heavy atom. The van der Waals surface area contributed by atoms with E-state index in [1.54, 1.807) is 6.20 Å². The van der Waals surface area contributed by atoms with Crippen LogP contribution in [0.3, 0.4) is 0 Å². The quantitative estimate of drug-likeness (QED) is 0.887. The van der Waals surface area contributed by atoms with Crippen LogP contribution < -0.4 is 5.32 Å². The minimum atomic E-state index is -0.0222. The Morgan fingerprint density at radius 3 is 2.83 bits per heavy atom. The predicted octanol–water partition coefficient (Wildman–Crippen LogP) is 2.43. The largest absolute Gasteiger partial charge is 0.351 e. The number of nitrogens with one attached hydrogen (secondary N) is 1. The average Bonchev–Trinajstić information content (AvgIpc) is 3.22. The van der Waals surface area contributed by atoms with Gasteiger partial charge in [-0.15, -0.1) is 0 Å². The number of carbonyl (C=O) groups is 1. The highest BCUT2D eigenvalue weighted by Crippen LogP contribution is 2.26. The molecule has 1 aromatic heterocycles. The van der Waals surface area contributed by atoms with Crippen LogP contribution >= 0.6 is 0 Å². The van der Waals surface area contributed by atoms with Crippen LogP contribution in [0.2, 0.25) is 0 Å². The summed E-state index contributed by atoms with van der Waals surface area (Å²) in [6, 6.07) is 10.7. The summed E-state index contributed by atoms with van der Waals surface area (Å²) >= 11 is 0. The van der Waals surface area contributed by atoms with Gasteiger partial charge in [0, 0.05) is 31.9 Å². The average molecular weight is 326 g/mol. The molecule has 24 heavy (non-hydrogen) atoms. The van der Waals surface area contributed by atoms with Gasteiger partial charge in [-0.25, -0.2) is 0 Å². The second-order valence-corrected chi connectivity index (χ2v) is 6.41. The zero-order valence-corrected chi connectivity index (χ0v) is 14.5. The third-order valence-corrected chi connectivity index (χ3v) is 4.90. The van der Waals surface area contributed by atoms with Crippen molar-refractivity contribution in [2.24, 2.45) is 0 Å². The molecule has 0 aliphatic carbocycles. The summed E-state index contributed by atoms with van der Waals surface area (Å²) in [6.07, 6.45) is 2.86. The lowest BCUT2D eigenvalue weighted by Gasteiger charge is -2.16. The van der Waals surface area contributed by atoms with Crippen molar-refractivity contribution in [2.45, 2.75) is 32.7 Å². The number of nitrogens with zero attached hydrogens (tertiary/aromatic N) is 3. The Kier molecular flexibility index (Phi) is 5.30. The van der Waals surface area contributed by atoms with Gasteiger partial charge in [0.05, 0.1) is 11.8 Å². The van der Waals surface area contributed by atoms with Crippen LogP contribution in [0.5, 0.6) is 0 Å². The van der Waals surface area contributed by atoms with E-state index in [0.29, 0.717) is 18.0 Å². The van der Waals surface area contributed by atoms with Gasteiger partial charge >= 0.3 is 0 Å². The predicted molar refractivity (Wildman–Crippen MR) is 95.2 cm³/mol. The Balaban J connectivity index is 1.45. The molecule has 0 spiro atoms. The molecule has 1 saturated heterocycles. The fourth-order valence-corrected chi connectivity index (χ4v) is 3.44. The van der Waals surface area contributed by atoms with Crippen molar-refractivity contribution >= 4 is 5.91 Å². The zero-order chi connectivity index (χ0) is 16.9. The van der Waals surface area contributed by atoms with Gasteiger partial charge in [0.15, 0.2) is 0 Å². The molecule has 5 heteroatoms. The van der Waals surface area contributed by atoms with E-state index in [9.17, 15) is 4.79 Å². The minimum Gasteiger partial charge on any atom is -0.351 e. The topological polar surface area (TPSA) is 50.2 Å². The van der Waals surface area contributed by atoms with Crippen molar-refractivity contribution in [1.82, 2.24) is 20.0 Å². The third kappa shape index (κ3) is 3.67. The van der Waals surface area contributed by atoms with Crippen molar-refractivity contribution < 1.29 is 4.79 Å². The maximum atomic E-state index is 12.3. The molecule has 1 atom stereocenters. The molecule has 1 N–H and O–H groups in total. The Labute approximate surface area is 143 Å². The van der Waals surface area contributed by atoms with Crippen LogP contribution in [-0.4, -0.2) is 46.8 Å². The van der Waals surface area contributed by atoms with Crippen molar-refractivity contribution in [2.75, 3.05) is 26.2 Å². The summed E-state index contributed by atoms with van der Waals surface area (Å²) in [5.74, 6) is 0.595. The third-order valence-electron chi connectivity index (χ3n) is 4.90. The summed E-state index contributed by atoms with van der Waals surface area (Å²) in [6.45, 7) is 8.50. The number of benzene rings is 1. The molecule has 0 radical (unpaired) electrons. The number of aromatic nitrogens is 2. The molecule has 5 nitrogen and oxygen atoms in total. The SMILES string of the molecule is CCn1ncc(C(=O)NCCN2CC[C@H](c3ccccc3)C2)c1C. The van der Waals surface area contributed by atoms with Crippen molar-refractivity contribution in [3.05, 3.63) is 53.3 Å². The molecule has 2 aromatic rings. The molecule has 1 aromatic carbocycles. The molecule has 1 amide bonds. The van der Waals surface area contributed by atoms with Crippen LogP contribution in [-0.2, 0) is 6.54 Å². The van der Waals surface area contributed by atoms with Gasteiger partial charge in [0.2, 0.25) is 0 Å². The first-order valence-electron chi connectivity index (χ1n) is 8.77. The lowest BCUT2D eigenvalue weighted by molar-refractivity contribution is 0.0949. The number of likely N-dealkylation sites (tertiary alicyclic amines) is 1. The molecular weight excluding hydrogens is 300 g/mol. The maximum Gasteiger partial charge on any atom is 0.254 e. The van der Waals surface area contributed by atoms with Crippen LogP contribution in [0.25, 0.3) is 0 Å². The van der Waals surface area contributed by atoms with Gasteiger partial charge < -0.3 is 10.2 Å². The highest BCUT2D eigenvalue weighted by Gasteiger charge is 2.23. The van der Waals surface area contributed by atoms with E-state index in [1.807, 2.05) is 18.5 Å². The Hall–Kier alpha value is -2.14. The van der Waals surface area contributed by atoms with Crippen LogP contribution in [0.4, 0.5) is 0 Å². The van der Waals surface area contributed by atoms with Gasteiger partial charge in [-0.2, -0.15) is 5.10 Å². The fourth-order valence-electron chi connectivity index (χ4n) is 3.44. The summed E-state index contributed by atoms with van der Waals surface area (Å²) < 4.78 is 1.85. The van der Waals surface area contributed by atoms with Crippen LogP contribution in [0.15, 0.2) is 36.5 Å². The highest BCUT2D eigenvalue weighted by molar-refractivity contribution is 5.95. The van der Waals surface area contributed by atoms with Crippen molar-refractivity contribution in [3.8, 4) is 0 Å². The lowest BCUT2D eigenvalue weighted by Crippen LogP contribution is -2.34. The minimum absolute atomic E-state index is 0.0222. The van der Waals surface area contributed by atoms with E-state index in [1.165, 1.54) is 12.0 Å². The standard InChI is InChI=1S/C19H26N4O/c1-3-23-15(2)18(13-21-23)19(24)20-10-12-22-11-9-17(14-22)16-7-5-4-6-8-16/h4-8,13,17H,3,9-12,14H2,1-2H3,(H,20,24)/t17-/m0/s1. The van der Waals surface area contributed by atoms with E-state index in [0.717, 1.165) is 31.9 Å². The summed E-state index contributed by atoms with van der Waals surface area (Å²) in [5, 5.41) is 7.25. The van der Waals surface area contributed by atoms with Crippen molar-refractivity contribution in [1.29, 1.82) is 0 Å². The van der Waals surface area contributed by atoms with E-state index in [2.05, 4.69) is 45.6 Å². The first-order chi connectivity index (χ1) is 11.7. The Bertz CT molecular complexity index is 680. The normalized spacial score (nSPS) is 18.0. The molecule has 128 valence electrons. The molecule has 2 heterocycles. The zero-order valence-electron chi connectivity index (χ0n) is 14.5. The maximum absolute atomic E-state index is 12.3. The number of aryl methyl sites for hydroxylation is 1. The number of carbonyl (C=O) groups excluding carboxylic acids is 1. The van der Waals surface area contributed by atoms with E-state index in [4.69, 9.17) is 0 Å². The molecule has 3 rings (SSSR count).